The SMILES string of the molecule is O=C(NCc1cccc(Oc2ccccc2)c1)NC1CCC(C(=O)O)CC1. The molecule has 3 rings (SSSR count). The predicted molar refractivity (Wildman–Crippen MR) is 102 cm³/mol. The van der Waals surface area contributed by atoms with Gasteiger partial charge in [-0.15, -0.1) is 0 Å². The summed E-state index contributed by atoms with van der Waals surface area (Å²) in [6, 6.07) is 16.9. The average molecular weight is 368 g/mol. The van der Waals surface area contributed by atoms with Crippen LogP contribution in [-0.4, -0.2) is 23.1 Å². The second-order valence-electron chi connectivity index (χ2n) is 6.78. The first-order valence-electron chi connectivity index (χ1n) is 9.19. The van der Waals surface area contributed by atoms with Crippen LogP contribution in [0.2, 0.25) is 0 Å². The number of amides is 2. The minimum absolute atomic E-state index is 0.0355. The van der Waals surface area contributed by atoms with E-state index in [2.05, 4.69) is 10.6 Å². The number of carbonyl (C=O) groups is 2. The lowest BCUT2D eigenvalue weighted by Crippen LogP contribution is -2.43. The Bertz CT molecular complexity index is 771. The summed E-state index contributed by atoms with van der Waals surface area (Å²) in [5, 5.41) is 14.8. The number of hydrogen-bond donors (Lipinski definition) is 3. The Morgan fingerprint density at radius 2 is 1.67 bits per heavy atom. The molecule has 6 heteroatoms. The van der Waals surface area contributed by atoms with Gasteiger partial charge in [-0.25, -0.2) is 4.79 Å². The largest absolute Gasteiger partial charge is 0.481 e. The summed E-state index contributed by atoms with van der Waals surface area (Å²) in [5.74, 6) is 0.458. The second kappa shape index (κ2) is 9.07. The smallest absolute Gasteiger partial charge is 0.315 e. The molecule has 1 aliphatic carbocycles. The zero-order chi connectivity index (χ0) is 19.1. The molecule has 3 N–H and O–H groups in total. The zero-order valence-corrected chi connectivity index (χ0v) is 15.1. The van der Waals surface area contributed by atoms with Crippen molar-refractivity contribution < 1.29 is 19.4 Å². The highest BCUT2D eigenvalue weighted by Gasteiger charge is 2.26. The van der Waals surface area contributed by atoms with Crippen LogP contribution in [0, 0.1) is 5.92 Å². The number of rotatable bonds is 6. The normalized spacial score (nSPS) is 19.1. The van der Waals surface area contributed by atoms with E-state index in [9.17, 15) is 9.59 Å². The molecule has 0 unspecified atom stereocenters. The molecule has 1 fully saturated rings. The topological polar surface area (TPSA) is 87.7 Å². The van der Waals surface area contributed by atoms with E-state index in [1.165, 1.54) is 0 Å². The highest BCUT2D eigenvalue weighted by molar-refractivity contribution is 5.74. The van der Waals surface area contributed by atoms with Gasteiger partial charge in [0.05, 0.1) is 5.92 Å². The first-order chi connectivity index (χ1) is 13.1. The van der Waals surface area contributed by atoms with Gasteiger partial charge in [0, 0.05) is 12.6 Å². The highest BCUT2D eigenvalue weighted by atomic mass is 16.5. The van der Waals surface area contributed by atoms with Crippen LogP contribution in [0.15, 0.2) is 54.6 Å². The van der Waals surface area contributed by atoms with E-state index in [4.69, 9.17) is 9.84 Å². The van der Waals surface area contributed by atoms with Crippen LogP contribution in [0.1, 0.15) is 31.2 Å². The third-order valence-corrected chi connectivity index (χ3v) is 4.74. The number of aliphatic carboxylic acids is 1. The molecule has 0 bridgehead atoms. The fourth-order valence-electron chi connectivity index (χ4n) is 3.25. The molecular weight excluding hydrogens is 344 g/mol. The Morgan fingerprint density at radius 1 is 0.963 bits per heavy atom. The molecule has 0 saturated heterocycles. The van der Waals surface area contributed by atoms with Gasteiger partial charge >= 0.3 is 12.0 Å². The van der Waals surface area contributed by atoms with Gasteiger partial charge in [0.2, 0.25) is 0 Å². The fourth-order valence-corrected chi connectivity index (χ4v) is 3.25. The number of urea groups is 1. The summed E-state index contributed by atoms with van der Waals surface area (Å²) >= 11 is 0. The third kappa shape index (κ3) is 5.74. The highest BCUT2D eigenvalue weighted by Crippen LogP contribution is 2.24. The summed E-state index contributed by atoms with van der Waals surface area (Å²) in [6.45, 7) is 0.391. The lowest BCUT2D eigenvalue weighted by atomic mass is 9.86. The van der Waals surface area contributed by atoms with Gasteiger partial charge in [0.25, 0.3) is 0 Å². The van der Waals surface area contributed by atoms with Crippen LogP contribution >= 0.6 is 0 Å². The van der Waals surface area contributed by atoms with Gasteiger partial charge in [0.1, 0.15) is 11.5 Å². The van der Waals surface area contributed by atoms with E-state index in [-0.39, 0.29) is 18.0 Å². The quantitative estimate of drug-likeness (QED) is 0.721. The van der Waals surface area contributed by atoms with E-state index in [0.29, 0.717) is 38.0 Å². The van der Waals surface area contributed by atoms with Crippen molar-refractivity contribution in [2.75, 3.05) is 0 Å². The molecular formula is C21H24N2O4. The van der Waals surface area contributed by atoms with Gasteiger partial charge in [0.15, 0.2) is 0 Å². The van der Waals surface area contributed by atoms with Gasteiger partial charge in [-0.05, 0) is 55.5 Å². The fraction of sp³-hybridized carbons (Fsp3) is 0.333. The van der Waals surface area contributed by atoms with Crippen molar-refractivity contribution in [3.8, 4) is 11.5 Å². The summed E-state index contributed by atoms with van der Waals surface area (Å²) in [7, 11) is 0. The molecule has 1 saturated carbocycles. The van der Waals surface area contributed by atoms with Gasteiger partial charge in [-0.2, -0.15) is 0 Å². The number of ether oxygens (including phenoxy) is 1. The lowest BCUT2D eigenvalue weighted by molar-refractivity contribution is -0.142. The first-order valence-corrected chi connectivity index (χ1v) is 9.19. The Kier molecular flexibility index (Phi) is 6.30. The van der Waals surface area contributed by atoms with Gasteiger partial charge in [-0.1, -0.05) is 30.3 Å². The number of carbonyl (C=O) groups excluding carboxylic acids is 1. The van der Waals surface area contributed by atoms with Crippen molar-refractivity contribution >= 4 is 12.0 Å². The van der Waals surface area contributed by atoms with Crippen molar-refractivity contribution in [1.29, 1.82) is 0 Å². The minimum Gasteiger partial charge on any atom is -0.481 e. The van der Waals surface area contributed by atoms with Gasteiger partial charge < -0.3 is 20.5 Å². The van der Waals surface area contributed by atoms with E-state index in [0.717, 1.165) is 11.3 Å². The van der Waals surface area contributed by atoms with Gasteiger partial charge in [-0.3, -0.25) is 4.79 Å². The number of para-hydroxylation sites is 1. The molecule has 2 amide bonds. The van der Waals surface area contributed by atoms with Crippen LogP contribution in [0.5, 0.6) is 11.5 Å². The summed E-state index contributed by atoms with van der Waals surface area (Å²) < 4.78 is 5.80. The maximum atomic E-state index is 12.1. The Morgan fingerprint density at radius 3 is 2.37 bits per heavy atom. The molecule has 0 aliphatic heterocycles. The van der Waals surface area contributed by atoms with E-state index in [1.54, 1.807) is 0 Å². The number of carboxylic acid groups (broad SMARTS) is 1. The summed E-state index contributed by atoms with van der Waals surface area (Å²) in [5.41, 5.74) is 0.938. The molecule has 0 atom stereocenters. The van der Waals surface area contributed by atoms with Crippen molar-refractivity contribution in [3.05, 3.63) is 60.2 Å². The monoisotopic (exact) mass is 368 g/mol. The van der Waals surface area contributed by atoms with Crippen LogP contribution in [-0.2, 0) is 11.3 Å². The maximum Gasteiger partial charge on any atom is 0.315 e. The standard InChI is InChI=1S/C21H24N2O4/c24-20(25)16-9-11-17(12-10-16)23-21(26)22-14-15-5-4-8-19(13-15)27-18-6-2-1-3-7-18/h1-8,13,16-17H,9-12,14H2,(H,24,25)(H2,22,23,26). The van der Waals surface area contributed by atoms with Crippen molar-refractivity contribution in [2.24, 2.45) is 5.92 Å². The Labute approximate surface area is 158 Å². The molecule has 27 heavy (non-hydrogen) atoms. The summed E-state index contributed by atoms with van der Waals surface area (Å²) in [6.07, 6.45) is 2.62. The molecule has 1 aliphatic rings. The van der Waals surface area contributed by atoms with E-state index < -0.39 is 5.97 Å². The van der Waals surface area contributed by atoms with Crippen LogP contribution in [0.25, 0.3) is 0 Å². The first kappa shape index (κ1) is 18.8. The molecule has 0 aromatic heterocycles. The minimum atomic E-state index is -0.740. The average Bonchev–Trinajstić information content (AvgIpc) is 2.68. The van der Waals surface area contributed by atoms with Crippen LogP contribution in [0.4, 0.5) is 4.79 Å². The maximum absolute atomic E-state index is 12.1. The van der Waals surface area contributed by atoms with E-state index >= 15 is 0 Å². The Balaban J connectivity index is 1.45. The summed E-state index contributed by atoms with van der Waals surface area (Å²) in [4.78, 5) is 23.1. The molecule has 2 aromatic carbocycles. The van der Waals surface area contributed by atoms with Crippen LogP contribution in [0.3, 0.4) is 0 Å². The lowest BCUT2D eigenvalue weighted by Gasteiger charge is -2.26. The second-order valence-corrected chi connectivity index (χ2v) is 6.78. The third-order valence-electron chi connectivity index (χ3n) is 4.74. The van der Waals surface area contributed by atoms with Crippen molar-refractivity contribution in [1.82, 2.24) is 10.6 Å². The zero-order valence-electron chi connectivity index (χ0n) is 15.1. The number of benzene rings is 2. The molecule has 0 heterocycles. The number of hydrogen-bond acceptors (Lipinski definition) is 3. The molecule has 6 nitrogen and oxygen atoms in total. The molecule has 0 radical (unpaired) electrons. The molecule has 2 aromatic rings. The number of nitrogens with one attached hydrogen (secondary N) is 2. The van der Waals surface area contributed by atoms with Crippen molar-refractivity contribution in [3.63, 3.8) is 0 Å². The van der Waals surface area contributed by atoms with Crippen LogP contribution < -0.4 is 15.4 Å². The Hall–Kier alpha value is -3.02. The molecule has 142 valence electrons. The van der Waals surface area contributed by atoms with Crippen molar-refractivity contribution in [2.45, 2.75) is 38.3 Å². The number of carboxylic acids is 1. The van der Waals surface area contributed by atoms with E-state index in [1.807, 2.05) is 54.6 Å². The predicted octanol–water partition coefficient (Wildman–Crippen LogP) is 3.92. The molecule has 0 spiro atoms.